The van der Waals surface area contributed by atoms with Gasteiger partial charge in [-0.05, 0) is 237 Å². The van der Waals surface area contributed by atoms with Crippen LogP contribution in [0.3, 0.4) is 0 Å². The lowest BCUT2D eigenvalue weighted by molar-refractivity contribution is -0.00528. The summed E-state index contributed by atoms with van der Waals surface area (Å²) in [5, 5.41) is 13.5. The first-order valence-electron chi connectivity index (χ1n) is 30.1. The molecule has 10 aromatic carbocycles. The summed E-state index contributed by atoms with van der Waals surface area (Å²) >= 11 is 0. The van der Waals surface area contributed by atoms with Crippen molar-refractivity contribution in [2.45, 2.75) is 87.9 Å². The van der Waals surface area contributed by atoms with Gasteiger partial charge in [-0.25, -0.2) is 0 Å². The van der Waals surface area contributed by atoms with Crippen molar-refractivity contribution < 1.29 is 0 Å². The van der Waals surface area contributed by atoms with Gasteiger partial charge in [0.2, 0.25) is 0 Å². The molecule has 23 rings (SSSR count). The molecule has 12 aromatic rings. The molecule has 2 aliphatic heterocycles. The van der Waals surface area contributed by atoms with Gasteiger partial charge < -0.3 is 14.0 Å². The summed E-state index contributed by atoms with van der Waals surface area (Å²) in [5.41, 5.74) is 22.6. The van der Waals surface area contributed by atoms with Crippen LogP contribution in [0.25, 0.3) is 98.4 Å². The lowest BCUT2D eigenvalue weighted by Gasteiger charge is -2.57. The predicted molar refractivity (Wildman–Crippen MR) is 326 cm³/mol. The third-order valence-electron chi connectivity index (χ3n) is 23.2. The van der Waals surface area contributed by atoms with Crippen LogP contribution in [0.15, 0.2) is 170 Å². The van der Waals surface area contributed by atoms with E-state index in [1.807, 2.05) is 0 Å². The number of anilines is 3. The van der Waals surface area contributed by atoms with E-state index in [9.17, 15) is 0 Å². The molecule has 0 N–H and O–H groups in total. The molecule has 372 valence electrons. The molecule has 2 aromatic heterocycles. The van der Waals surface area contributed by atoms with Crippen molar-refractivity contribution in [2.75, 3.05) is 4.90 Å². The summed E-state index contributed by atoms with van der Waals surface area (Å²) in [6, 6.07) is 68.5. The van der Waals surface area contributed by atoms with Gasteiger partial charge in [-0.15, -0.1) is 0 Å². The van der Waals surface area contributed by atoms with Gasteiger partial charge in [0.25, 0.3) is 6.71 Å². The second kappa shape index (κ2) is 14.0. The van der Waals surface area contributed by atoms with Crippen molar-refractivity contribution in [3.63, 3.8) is 0 Å². The van der Waals surface area contributed by atoms with E-state index in [2.05, 4.69) is 184 Å². The number of hydrogen-bond donors (Lipinski definition) is 0. The Balaban J connectivity index is 0.877. The number of rotatable bonds is 4. The summed E-state index contributed by atoms with van der Waals surface area (Å²) in [4.78, 5) is 2.75. The molecule has 4 heterocycles. The zero-order chi connectivity index (χ0) is 50.1. The molecular weight excluding hydrogens is 942 g/mol. The van der Waals surface area contributed by atoms with Crippen LogP contribution in [0.2, 0.25) is 0 Å². The fourth-order valence-electron chi connectivity index (χ4n) is 21.3. The number of nitrogens with zero attached hydrogens (tertiary/aromatic N) is 3. The van der Waals surface area contributed by atoms with Crippen molar-refractivity contribution in [1.82, 2.24) is 9.13 Å². The topological polar surface area (TPSA) is 13.1 Å². The highest BCUT2D eigenvalue weighted by molar-refractivity contribution is 7.00. The lowest BCUT2D eigenvalue weighted by atomic mass is 9.33. The third-order valence-corrected chi connectivity index (χ3v) is 23.2. The van der Waals surface area contributed by atoms with Gasteiger partial charge in [0.05, 0.1) is 22.2 Å². The van der Waals surface area contributed by atoms with Gasteiger partial charge in [-0.2, -0.15) is 0 Å². The molecule has 0 spiro atoms. The maximum atomic E-state index is 2.79. The molecule has 8 bridgehead atoms. The molecule has 3 nitrogen and oxygen atoms in total. The highest BCUT2D eigenvalue weighted by atomic mass is 15.2. The smallest absolute Gasteiger partial charge is 0.252 e. The van der Waals surface area contributed by atoms with E-state index in [4.69, 9.17) is 0 Å². The Bertz CT molecular complexity index is 4710. The molecule has 0 unspecified atom stereocenters. The van der Waals surface area contributed by atoms with Gasteiger partial charge >= 0.3 is 0 Å². The highest BCUT2D eigenvalue weighted by Gasteiger charge is 2.54. The predicted octanol–water partition coefficient (Wildman–Crippen LogP) is 16.9. The second-order valence-electron chi connectivity index (χ2n) is 27.2. The van der Waals surface area contributed by atoms with Crippen molar-refractivity contribution >= 4 is 116 Å². The molecule has 78 heavy (non-hydrogen) atoms. The Labute approximate surface area is 454 Å². The molecule has 0 amide bonds. The van der Waals surface area contributed by atoms with Gasteiger partial charge in [0.15, 0.2) is 0 Å². The normalized spacial score (nSPS) is 27.2. The average Bonchev–Trinajstić information content (AvgIpc) is 4.13. The molecule has 0 atom stereocenters. The first-order valence-corrected chi connectivity index (χ1v) is 30.1. The van der Waals surface area contributed by atoms with Gasteiger partial charge in [-0.3, -0.25) is 0 Å². The maximum Gasteiger partial charge on any atom is 0.252 e. The number of hydrogen-bond acceptors (Lipinski definition) is 1. The molecular formula is C74H58BN3. The quantitative estimate of drug-likeness (QED) is 0.126. The van der Waals surface area contributed by atoms with E-state index in [0.29, 0.717) is 5.41 Å². The minimum Gasteiger partial charge on any atom is -0.311 e. The Morgan fingerprint density at radius 3 is 1.56 bits per heavy atom. The van der Waals surface area contributed by atoms with Crippen molar-refractivity contribution in [1.29, 1.82) is 0 Å². The fourth-order valence-corrected chi connectivity index (χ4v) is 21.3. The van der Waals surface area contributed by atoms with E-state index in [0.717, 1.165) is 35.5 Å². The van der Waals surface area contributed by atoms with Gasteiger partial charge in [-0.1, -0.05) is 121 Å². The second-order valence-corrected chi connectivity index (χ2v) is 27.2. The van der Waals surface area contributed by atoms with Crippen molar-refractivity contribution in [3.8, 4) is 22.5 Å². The van der Waals surface area contributed by atoms with Crippen LogP contribution in [0, 0.1) is 35.5 Å². The largest absolute Gasteiger partial charge is 0.311 e. The molecule has 8 saturated carbocycles. The minimum absolute atomic E-state index is 0.0833. The fraction of sp³-hybridized carbons (Fsp3) is 0.270. The standard InChI is InChI=1S/C74H58BN3/c1-2-13-60-54(8-1)57-11-5-12-58-72(57)78(60)65-34-53(77-62-23-16-48-7-4-10-56-55-9-3-6-47-14-15-49-17-24-63(77)70(68(49)66(47)55)69(62)67(48)56)33-64-71(65)75(58)59-32-51(74-38-44-29-45(39-74)31-46(30-44)40-74)20-25-61(59)76(64)52-21-18-50(19-22-52)73-35-41-26-42(36-73)28-43(27-41)37-73/h1-25,32-34,41-46H,26-31,35-40H2. The van der Waals surface area contributed by atoms with E-state index in [1.165, 1.54) is 209 Å². The average molecular weight is 1000 g/mol. The summed E-state index contributed by atoms with van der Waals surface area (Å²) in [5.74, 6) is 5.41. The Morgan fingerprint density at radius 2 is 0.897 bits per heavy atom. The van der Waals surface area contributed by atoms with E-state index < -0.39 is 0 Å². The Kier molecular flexibility index (Phi) is 7.45. The van der Waals surface area contributed by atoms with Gasteiger partial charge in [0.1, 0.15) is 0 Å². The van der Waals surface area contributed by atoms with E-state index >= 15 is 0 Å². The van der Waals surface area contributed by atoms with Crippen LogP contribution in [-0.2, 0) is 10.8 Å². The summed E-state index contributed by atoms with van der Waals surface area (Å²) in [6.45, 7) is 0.0833. The molecule has 11 aliphatic rings. The van der Waals surface area contributed by atoms with Crippen LogP contribution >= 0.6 is 0 Å². The van der Waals surface area contributed by atoms with Crippen LogP contribution in [0.4, 0.5) is 17.1 Å². The number of fused-ring (bicyclic) bond motifs is 8. The monoisotopic (exact) mass is 999 g/mol. The molecule has 4 heteroatoms. The molecule has 8 fully saturated rings. The first kappa shape index (κ1) is 41.5. The van der Waals surface area contributed by atoms with Crippen LogP contribution in [0.1, 0.15) is 88.2 Å². The third kappa shape index (κ3) is 5.00. The summed E-state index contributed by atoms with van der Waals surface area (Å²) < 4.78 is 5.36. The molecule has 0 radical (unpaired) electrons. The minimum atomic E-state index is 0.0833. The summed E-state index contributed by atoms with van der Waals surface area (Å²) in [6.07, 6.45) is 17.1. The summed E-state index contributed by atoms with van der Waals surface area (Å²) in [7, 11) is 0. The number of benzene rings is 10. The zero-order valence-corrected chi connectivity index (χ0v) is 44.0. The van der Waals surface area contributed by atoms with Crippen LogP contribution < -0.4 is 21.3 Å². The zero-order valence-electron chi connectivity index (χ0n) is 44.0. The van der Waals surface area contributed by atoms with E-state index in [1.54, 1.807) is 11.1 Å². The maximum absolute atomic E-state index is 2.79. The lowest BCUT2D eigenvalue weighted by Crippen LogP contribution is -2.61. The van der Waals surface area contributed by atoms with Crippen molar-refractivity contribution in [2.24, 2.45) is 35.5 Å². The van der Waals surface area contributed by atoms with Crippen molar-refractivity contribution in [3.05, 3.63) is 181 Å². The van der Waals surface area contributed by atoms with Gasteiger partial charge in [0, 0.05) is 55.2 Å². The molecule has 0 saturated heterocycles. The van der Waals surface area contributed by atoms with Crippen LogP contribution in [-0.4, -0.2) is 15.8 Å². The first-order chi connectivity index (χ1) is 38.5. The Morgan fingerprint density at radius 1 is 0.359 bits per heavy atom. The number of aromatic nitrogens is 2. The Hall–Kier alpha value is -7.56. The SMILES string of the molecule is c1cc2c3c(c1)ccc1ccc4c(c13)c1c3c-2cccc3ccc1n4-c1cc2c3c(c1)-n1c4ccccc4c4cccc(c41)B3c1cc(C34CC5CC(CC(C5)C3)C4)ccc1N2c1ccc(C23CC4CC(CC(C4)C2)C3)cc1. The number of para-hydroxylation sites is 2. The van der Waals surface area contributed by atoms with E-state index in [-0.39, 0.29) is 12.1 Å². The highest BCUT2D eigenvalue weighted by Crippen LogP contribution is 2.63. The molecule has 9 aliphatic carbocycles. The van der Waals surface area contributed by atoms with Crippen LogP contribution in [0.5, 0.6) is 0 Å².